The number of furan rings is 1. The van der Waals surface area contributed by atoms with Gasteiger partial charge in [-0.1, -0.05) is 44.4 Å². The highest BCUT2D eigenvalue weighted by molar-refractivity contribution is 5.77. The zero-order valence-corrected chi connectivity index (χ0v) is 12.7. The molecule has 1 aromatic carbocycles. The van der Waals surface area contributed by atoms with E-state index < -0.39 is 6.10 Å². The van der Waals surface area contributed by atoms with Gasteiger partial charge in [0.25, 0.3) is 0 Å². The van der Waals surface area contributed by atoms with E-state index in [1.807, 2.05) is 30.3 Å². The monoisotopic (exact) mass is 287 g/mol. The van der Waals surface area contributed by atoms with Crippen LogP contribution in [0.5, 0.6) is 0 Å². The van der Waals surface area contributed by atoms with Crippen LogP contribution in [0.2, 0.25) is 0 Å². The fraction of sp³-hybridized carbons (Fsp3) is 0.556. The van der Waals surface area contributed by atoms with Gasteiger partial charge >= 0.3 is 0 Å². The lowest BCUT2D eigenvalue weighted by molar-refractivity contribution is -0.0276. The highest BCUT2D eigenvalue weighted by Crippen LogP contribution is 2.48. The third-order valence-corrected chi connectivity index (χ3v) is 5.26. The molecule has 1 heterocycles. The number of aliphatic hydroxyl groups is 1. The van der Waals surface area contributed by atoms with Crippen LogP contribution in [-0.4, -0.2) is 11.7 Å². The second kappa shape index (κ2) is 5.82. The summed E-state index contributed by atoms with van der Waals surface area (Å²) in [5.41, 5.74) is 6.69. The summed E-state index contributed by atoms with van der Waals surface area (Å²) < 4.78 is 5.87. The molecular weight excluding hydrogens is 262 g/mol. The number of fused-ring (bicyclic) bond motifs is 1. The Morgan fingerprint density at radius 3 is 2.95 bits per heavy atom. The lowest BCUT2D eigenvalue weighted by Gasteiger charge is -2.42. The number of hydrogen-bond acceptors (Lipinski definition) is 3. The number of para-hydroxylation sites is 1. The number of hydrogen-bond donors (Lipinski definition) is 2. The first-order chi connectivity index (χ1) is 10.2. The van der Waals surface area contributed by atoms with Crippen molar-refractivity contribution in [3.8, 4) is 0 Å². The van der Waals surface area contributed by atoms with E-state index >= 15 is 0 Å². The SMILES string of the molecule is CCC1CCCC(CN)(C(O)c2cc3ccccc3o2)C1. The van der Waals surface area contributed by atoms with Gasteiger partial charge in [0.05, 0.1) is 0 Å². The second-order valence-corrected chi connectivity index (χ2v) is 6.53. The van der Waals surface area contributed by atoms with E-state index in [2.05, 4.69) is 6.92 Å². The maximum Gasteiger partial charge on any atom is 0.134 e. The van der Waals surface area contributed by atoms with Gasteiger partial charge in [0.1, 0.15) is 17.4 Å². The topological polar surface area (TPSA) is 59.4 Å². The Kier molecular flexibility index (Phi) is 4.05. The molecule has 21 heavy (non-hydrogen) atoms. The molecule has 3 atom stereocenters. The molecule has 3 heteroatoms. The van der Waals surface area contributed by atoms with Crippen molar-refractivity contribution in [2.75, 3.05) is 6.54 Å². The molecule has 0 bridgehead atoms. The third kappa shape index (κ3) is 2.60. The Balaban J connectivity index is 1.92. The number of nitrogens with two attached hydrogens (primary N) is 1. The Morgan fingerprint density at radius 2 is 2.24 bits per heavy atom. The van der Waals surface area contributed by atoms with Crippen LogP contribution in [0.15, 0.2) is 34.7 Å². The first-order valence-electron chi connectivity index (χ1n) is 8.05. The molecule has 2 aromatic rings. The summed E-state index contributed by atoms with van der Waals surface area (Å²) in [7, 11) is 0. The van der Waals surface area contributed by atoms with Gasteiger partial charge in [0, 0.05) is 17.3 Å². The van der Waals surface area contributed by atoms with Crippen molar-refractivity contribution in [3.63, 3.8) is 0 Å². The summed E-state index contributed by atoms with van der Waals surface area (Å²) in [5, 5.41) is 12.0. The first kappa shape index (κ1) is 14.6. The predicted octanol–water partition coefficient (Wildman–Crippen LogP) is 4.01. The van der Waals surface area contributed by atoms with Gasteiger partial charge in [-0.05, 0) is 30.9 Å². The minimum atomic E-state index is -0.607. The molecule has 1 fully saturated rings. The smallest absolute Gasteiger partial charge is 0.134 e. The molecule has 3 nitrogen and oxygen atoms in total. The molecule has 3 N–H and O–H groups in total. The molecule has 1 saturated carbocycles. The van der Waals surface area contributed by atoms with Crippen LogP contribution in [0.3, 0.4) is 0 Å². The summed E-state index contributed by atoms with van der Waals surface area (Å²) in [6.07, 6.45) is 4.94. The molecular formula is C18H25NO2. The average molecular weight is 287 g/mol. The summed E-state index contributed by atoms with van der Waals surface area (Å²) >= 11 is 0. The van der Waals surface area contributed by atoms with Crippen LogP contribution in [0.1, 0.15) is 50.9 Å². The summed E-state index contributed by atoms with van der Waals surface area (Å²) in [5.74, 6) is 1.33. The molecule has 3 rings (SSSR count). The Labute approximate surface area is 126 Å². The van der Waals surface area contributed by atoms with E-state index in [9.17, 15) is 5.11 Å². The molecule has 0 saturated heterocycles. The Hall–Kier alpha value is -1.32. The van der Waals surface area contributed by atoms with E-state index in [0.29, 0.717) is 18.2 Å². The average Bonchev–Trinajstić information content (AvgIpc) is 2.98. The quantitative estimate of drug-likeness (QED) is 0.893. The van der Waals surface area contributed by atoms with Crippen molar-refractivity contribution in [2.45, 2.75) is 45.1 Å². The van der Waals surface area contributed by atoms with Crippen LogP contribution >= 0.6 is 0 Å². The van der Waals surface area contributed by atoms with Gasteiger partial charge in [-0.2, -0.15) is 0 Å². The normalized spacial score (nSPS) is 27.9. The molecule has 1 aliphatic carbocycles. The van der Waals surface area contributed by atoms with Gasteiger partial charge in [0.15, 0.2) is 0 Å². The maximum absolute atomic E-state index is 10.9. The van der Waals surface area contributed by atoms with E-state index in [-0.39, 0.29) is 5.41 Å². The number of aliphatic hydroxyl groups excluding tert-OH is 1. The maximum atomic E-state index is 10.9. The molecule has 0 aliphatic heterocycles. The lowest BCUT2D eigenvalue weighted by Crippen LogP contribution is -2.40. The largest absolute Gasteiger partial charge is 0.458 e. The molecule has 114 valence electrons. The molecule has 0 radical (unpaired) electrons. The first-order valence-corrected chi connectivity index (χ1v) is 8.05. The van der Waals surface area contributed by atoms with Gasteiger partial charge in [0.2, 0.25) is 0 Å². The van der Waals surface area contributed by atoms with Crippen molar-refractivity contribution in [1.29, 1.82) is 0 Å². The minimum Gasteiger partial charge on any atom is -0.458 e. The standard InChI is InChI=1S/C18H25NO2/c1-2-13-6-5-9-18(11-13,12-19)17(20)16-10-14-7-3-4-8-15(14)21-16/h3-4,7-8,10,13,17,20H,2,5-6,9,11-12,19H2,1H3. The highest BCUT2D eigenvalue weighted by Gasteiger charge is 2.42. The van der Waals surface area contributed by atoms with Crippen LogP contribution < -0.4 is 5.73 Å². The van der Waals surface area contributed by atoms with E-state index in [1.165, 1.54) is 6.42 Å². The number of benzene rings is 1. The fourth-order valence-corrected chi connectivity index (χ4v) is 3.85. The molecule has 0 spiro atoms. The van der Waals surface area contributed by atoms with Gasteiger partial charge < -0.3 is 15.3 Å². The van der Waals surface area contributed by atoms with Gasteiger partial charge in [-0.25, -0.2) is 0 Å². The summed E-state index contributed by atoms with van der Waals surface area (Å²) in [4.78, 5) is 0. The molecule has 1 aromatic heterocycles. The van der Waals surface area contributed by atoms with Crippen LogP contribution in [0.4, 0.5) is 0 Å². The summed E-state index contributed by atoms with van der Waals surface area (Å²) in [6, 6.07) is 9.86. The Morgan fingerprint density at radius 1 is 1.43 bits per heavy atom. The fourth-order valence-electron chi connectivity index (χ4n) is 3.85. The minimum absolute atomic E-state index is 0.229. The molecule has 1 aliphatic rings. The van der Waals surface area contributed by atoms with E-state index in [4.69, 9.17) is 10.2 Å². The number of rotatable bonds is 4. The zero-order chi connectivity index (χ0) is 14.9. The third-order valence-electron chi connectivity index (χ3n) is 5.26. The van der Waals surface area contributed by atoms with Crippen LogP contribution in [0, 0.1) is 11.3 Å². The Bertz CT molecular complexity index is 573. The molecule has 3 unspecified atom stereocenters. The van der Waals surface area contributed by atoms with Crippen molar-refractivity contribution in [2.24, 2.45) is 17.1 Å². The van der Waals surface area contributed by atoms with Crippen molar-refractivity contribution < 1.29 is 9.52 Å². The van der Waals surface area contributed by atoms with Crippen LogP contribution in [-0.2, 0) is 0 Å². The van der Waals surface area contributed by atoms with Crippen LogP contribution in [0.25, 0.3) is 11.0 Å². The lowest BCUT2D eigenvalue weighted by atomic mass is 9.65. The molecule has 0 amide bonds. The second-order valence-electron chi connectivity index (χ2n) is 6.53. The highest BCUT2D eigenvalue weighted by atomic mass is 16.4. The van der Waals surface area contributed by atoms with Crippen molar-refractivity contribution in [3.05, 3.63) is 36.1 Å². The van der Waals surface area contributed by atoms with E-state index in [0.717, 1.165) is 36.7 Å². The van der Waals surface area contributed by atoms with Crippen molar-refractivity contribution >= 4 is 11.0 Å². The summed E-state index contributed by atoms with van der Waals surface area (Å²) in [6.45, 7) is 2.74. The van der Waals surface area contributed by atoms with Gasteiger partial charge in [-0.3, -0.25) is 0 Å². The predicted molar refractivity (Wildman–Crippen MR) is 84.9 cm³/mol. The van der Waals surface area contributed by atoms with Gasteiger partial charge in [-0.15, -0.1) is 0 Å². The van der Waals surface area contributed by atoms with Crippen molar-refractivity contribution in [1.82, 2.24) is 0 Å². The zero-order valence-electron chi connectivity index (χ0n) is 12.7. The van der Waals surface area contributed by atoms with E-state index in [1.54, 1.807) is 0 Å².